The van der Waals surface area contributed by atoms with Crippen molar-refractivity contribution in [1.82, 2.24) is 20.0 Å². The average Bonchev–Trinajstić information content (AvgIpc) is 3.55. The van der Waals surface area contributed by atoms with Gasteiger partial charge in [0.15, 0.2) is 17.5 Å². The lowest BCUT2D eigenvalue weighted by Gasteiger charge is -2.39. The Kier molecular flexibility index (Phi) is 10.1. The predicted molar refractivity (Wildman–Crippen MR) is 155 cm³/mol. The summed E-state index contributed by atoms with van der Waals surface area (Å²) in [4.78, 5) is 30.1. The zero-order valence-corrected chi connectivity index (χ0v) is 24.0. The number of nitrogens with zero attached hydrogens (tertiary/aromatic N) is 6. The number of halogens is 2. The van der Waals surface area contributed by atoms with Crippen LogP contribution in [0.5, 0.6) is 0 Å². The van der Waals surface area contributed by atoms with Gasteiger partial charge >= 0.3 is 5.97 Å². The number of aromatic nitrogens is 3. The number of ether oxygens (including phenoxy) is 2. The monoisotopic (exact) mass is 595 g/mol. The number of hydrogen-bond acceptors (Lipinski definition) is 11. The second-order valence-electron chi connectivity index (χ2n) is 10.5. The molecule has 4 heterocycles. The first-order valence-electron chi connectivity index (χ1n) is 14.3. The van der Waals surface area contributed by atoms with Crippen LogP contribution in [-0.2, 0) is 20.8 Å². The van der Waals surface area contributed by atoms with Crippen LogP contribution in [0.25, 0.3) is 5.70 Å². The molecule has 11 nitrogen and oxygen atoms in total. The van der Waals surface area contributed by atoms with Gasteiger partial charge in [0, 0.05) is 37.8 Å². The minimum absolute atomic E-state index is 0.0230. The van der Waals surface area contributed by atoms with Gasteiger partial charge in [-0.05, 0) is 30.9 Å². The summed E-state index contributed by atoms with van der Waals surface area (Å²) in [5.74, 6) is -1.57. The summed E-state index contributed by atoms with van der Waals surface area (Å²) >= 11 is 0. The molecule has 5 rings (SSSR count). The number of carbonyl (C=O) groups excluding carboxylic acids is 1. The number of anilines is 1. The van der Waals surface area contributed by atoms with Crippen molar-refractivity contribution in [2.24, 2.45) is 16.6 Å². The molecule has 0 bridgehead atoms. The minimum atomic E-state index is -0.714. The number of esters is 1. The van der Waals surface area contributed by atoms with E-state index in [9.17, 15) is 9.18 Å². The predicted octanol–water partition coefficient (Wildman–Crippen LogP) is 3.21. The average molecular weight is 596 g/mol. The van der Waals surface area contributed by atoms with Crippen LogP contribution < -0.4 is 10.6 Å². The number of aliphatic imine (C=N–C) groups is 1. The summed E-state index contributed by atoms with van der Waals surface area (Å²) in [6, 6.07) is 7.18. The molecule has 13 heteroatoms. The summed E-state index contributed by atoms with van der Waals surface area (Å²) < 4.78 is 45.4. The van der Waals surface area contributed by atoms with Crippen molar-refractivity contribution in [3.05, 3.63) is 77.6 Å². The fourth-order valence-corrected chi connectivity index (χ4v) is 5.22. The third-order valence-electron chi connectivity index (χ3n) is 7.56. The number of benzene rings is 1. The van der Waals surface area contributed by atoms with Gasteiger partial charge in [0.25, 0.3) is 0 Å². The second kappa shape index (κ2) is 14.3. The molecule has 1 aromatic carbocycles. The van der Waals surface area contributed by atoms with Crippen molar-refractivity contribution in [1.29, 1.82) is 0 Å². The van der Waals surface area contributed by atoms with Gasteiger partial charge in [-0.25, -0.2) is 23.5 Å². The molecule has 2 aromatic heterocycles. The van der Waals surface area contributed by atoms with Crippen molar-refractivity contribution < 1.29 is 27.6 Å². The van der Waals surface area contributed by atoms with Gasteiger partial charge in [-0.2, -0.15) is 0 Å². The van der Waals surface area contributed by atoms with E-state index in [1.54, 1.807) is 29.2 Å². The highest BCUT2D eigenvalue weighted by molar-refractivity contribution is 6.10. The van der Waals surface area contributed by atoms with E-state index >= 15 is 4.39 Å². The van der Waals surface area contributed by atoms with E-state index in [1.807, 2.05) is 6.92 Å². The van der Waals surface area contributed by atoms with Crippen LogP contribution >= 0.6 is 0 Å². The van der Waals surface area contributed by atoms with E-state index in [2.05, 4.69) is 25.0 Å². The highest BCUT2D eigenvalue weighted by Gasteiger charge is 2.38. The van der Waals surface area contributed by atoms with E-state index in [0.717, 1.165) is 32.1 Å². The van der Waals surface area contributed by atoms with Crippen molar-refractivity contribution in [3.63, 3.8) is 0 Å². The first-order valence-corrected chi connectivity index (χ1v) is 14.3. The lowest BCUT2D eigenvalue weighted by Crippen LogP contribution is -2.51. The molecule has 2 aliphatic heterocycles. The van der Waals surface area contributed by atoms with Gasteiger partial charge in [0.2, 0.25) is 0 Å². The molecule has 0 amide bonds. The van der Waals surface area contributed by atoms with Crippen LogP contribution in [0.3, 0.4) is 0 Å². The van der Waals surface area contributed by atoms with Crippen molar-refractivity contribution >= 4 is 23.2 Å². The number of nitrogens with two attached hydrogens (primary N) is 1. The summed E-state index contributed by atoms with van der Waals surface area (Å²) in [5, 5.41) is 3.93. The number of allylic oxidation sites excluding steroid dienone is 1. The van der Waals surface area contributed by atoms with Gasteiger partial charge in [-0.3, -0.25) is 9.89 Å². The molecule has 0 radical (unpaired) electrons. The van der Waals surface area contributed by atoms with Gasteiger partial charge in [-0.1, -0.05) is 30.3 Å². The van der Waals surface area contributed by atoms with Crippen LogP contribution in [-0.4, -0.2) is 83.7 Å². The molecule has 2 aliphatic rings. The molecular formula is C30H35F2N7O4. The summed E-state index contributed by atoms with van der Waals surface area (Å²) in [6.45, 7) is 6.13. The first kappa shape index (κ1) is 30.2. The van der Waals surface area contributed by atoms with E-state index in [-0.39, 0.29) is 42.2 Å². The number of carbonyl (C=O) groups is 1. The molecule has 2 N–H and O–H groups in total. The van der Waals surface area contributed by atoms with Crippen molar-refractivity contribution in [3.8, 4) is 0 Å². The Hall–Kier alpha value is -4.23. The van der Waals surface area contributed by atoms with E-state index in [0.29, 0.717) is 43.3 Å². The van der Waals surface area contributed by atoms with E-state index in [4.69, 9.17) is 19.7 Å². The fraction of sp³-hybridized carbons (Fsp3) is 0.433. The third-order valence-corrected chi connectivity index (χ3v) is 7.56. The minimum Gasteiger partial charge on any atom is -0.463 e. The summed E-state index contributed by atoms with van der Waals surface area (Å²) in [5.41, 5.74) is 7.52. The molecule has 228 valence electrons. The lowest BCUT2D eigenvalue weighted by atomic mass is 9.90. The number of rotatable bonds is 10. The Bertz CT molecular complexity index is 1440. The molecule has 2 fully saturated rings. The van der Waals surface area contributed by atoms with Crippen LogP contribution in [0.15, 0.2) is 58.4 Å². The molecule has 2 saturated heterocycles. The molecular weight excluding hydrogens is 560 g/mol. The highest BCUT2D eigenvalue weighted by Crippen LogP contribution is 2.30. The molecule has 0 aliphatic carbocycles. The van der Waals surface area contributed by atoms with Crippen LogP contribution in [0, 0.1) is 17.6 Å². The molecule has 2 unspecified atom stereocenters. The third kappa shape index (κ3) is 7.59. The van der Waals surface area contributed by atoms with Crippen molar-refractivity contribution in [2.45, 2.75) is 32.4 Å². The van der Waals surface area contributed by atoms with Gasteiger partial charge in [0.1, 0.15) is 30.4 Å². The SMILES string of the molecule is CC1CCCN(c2nc(C(N)=CC(=NCc3ccccc3F)c3ccon3)ncc2F)C1C(=O)OCCN1CCOCC1. The topological polar surface area (TPSA) is 132 Å². The summed E-state index contributed by atoms with van der Waals surface area (Å²) in [6.07, 6.45) is 5.43. The van der Waals surface area contributed by atoms with Gasteiger partial charge in [0.05, 0.1) is 37.4 Å². The molecule has 43 heavy (non-hydrogen) atoms. The van der Waals surface area contributed by atoms with Crippen LogP contribution in [0.4, 0.5) is 14.6 Å². The zero-order valence-electron chi connectivity index (χ0n) is 24.0. The molecule has 3 aromatic rings. The fourth-order valence-electron chi connectivity index (χ4n) is 5.22. The maximum absolute atomic E-state index is 15.2. The highest BCUT2D eigenvalue weighted by atomic mass is 19.1. The Morgan fingerprint density at radius 2 is 2.00 bits per heavy atom. The standard InChI is InChI=1S/C30H35F2N7O4/c1-20-5-4-9-39(27(20)30(40)42-16-12-38-10-14-41-15-11-38)29-23(32)19-35-28(36-29)24(33)17-26(25-8-13-43-37-25)34-18-21-6-2-3-7-22(21)31/h2-3,6-8,13,17,19-20,27H,4-5,9-12,14-16,18,33H2,1H3. The normalized spacial score (nSPS) is 20.3. The lowest BCUT2D eigenvalue weighted by molar-refractivity contribution is -0.147. The van der Waals surface area contributed by atoms with Crippen LogP contribution in [0.2, 0.25) is 0 Å². The molecule has 2 atom stereocenters. The Morgan fingerprint density at radius 1 is 1.19 bits per heavy atom. The summed E-state index contributed by atoms with van der Waals surface area (Å²) in [7, 11) is 0. The Balaban J connectivity index is 1.36. The van der Waals surface area contributed by atoms with E-state index < -0.39 is 17.8 Å². The first-order chi connectivity index (χ1) is 20.9. The quantitative estimate of drug-likeness (QED) is 0.275. The number of piperidine rings is 1. The number of hydrogen-bond donors (Lipinski definition) is 1. The zero-order chi connectivity index (χ0) is 30.2. The van der Waals surface area contributed by atoms with Crippen LogP contribution in [0.1, 0.15) is 36.8 Å². The number of morpholine rings is 1. The smallest absolute Gasteiger partial charge is 0.329 e. The molecule has 0 saturated carbocycles. The van der Waals surface area contributed by atoms with Crippen molar-refractivity contribution in [2.75, 3.05) is 50.9 Å². The maximum atomic E-state index is 15.2. The Labute approximate surface area is 248 Å². The largest absolute Gasteiger partial charge is 0.463 e. The van der Waals surface area contributed by atoms with Gasteiger partial charge in [-0.15, -0.1) is 0 Å². The molecule has 0 spiro atoms. The Morgan fingerprint density at radius 3 is 2.77 bits per heavy atom. The second-order valence-corrected chi connectivity index (χ2v) is 10.5. The maximum Gasteiger partial charge on any atom is 0.329 e. The van der Waals surface area contributed by atoms with E-state index in [1.165, 1.54) is 18.4 Å². The van der Waals surface area contributed by atoms with Gasteiger partial charge < -0.3 is 24.6 Å².